The van der Waals surface area contributed by atoms with Crippen LogP contribution >= 0.6 is 31.9 Å². The molecule has 110 valence electrons. The molecule has 2 rings (SSSR count). The van der Waals surface area contributed by atoms with Crippen molar-refractivity contribution < 1.29 is 4.79 Å². The van der Waals surface area contributed by atoms with Crippen LogP contribution in [0, 0.1) is 0 Å². The zero-order chi connectivity index (χ0) is 15.4. The monoisotopic (exact) mass is 410 g/mol. The molecule has 2 aromatic carbocycles. The van der Waals surface area contributed by atoms with Crippen LogP contribution in [0.25, 0.3) is 0 Å². The van der Waals surface area contributed by atoms with Crippen molar-refractivity contribution in [2.75, 3.05) is 24.3 Å². The first-order valence-electron chi connectivity index (χ1n) is 6.44. The van der Waals surface area contributed by atoms with Crippen LogP contribution in [0.1, 0.15) is 15.9 Å². The van der Waals surface area contributed by atoms with Crippen LogP contribution in [0.15, 0.2) is 46.9 Å². The SMILES string of the molecule is CN(C)c1ccc(Br)cc1NC(=O)c1ccc(CBr)cc1. The Morgan fingerprint density at radius 2 is 1.81 bits per heavy atom. The molecule has 0 aliphatic rings. The molecule has 0 saturated heterocycles. The highest BCUT2D eigenvalue weighted by Crippen LogP contribution is 2.28. The number of hydrogen-bond acceptors (Lipinski definition) is 2. The Labute approximate surface area is 141 Å². The van der Waals surface area contributed by atoms with Gasteiger partial charge >= 0.3 is 0 Å². The van der Waals surface area contributed by atoms with Crippen molar-refractivity contribution in [2.45, 2.75) is 5.33 Å². The van der Waals surface area contributed by atoms with E-state index in [-0.39, 0.29) is 5.91 Å². The van der Waals surface area contributed by atoms with Gasteiger partial charge in [-0.3, -0.25) is 4.79 Å². The Morgan fingerprint density at radius 3 is 2.38 bits per heavy atom. The molecule has 5 heteroatoms. The van der Waals surface area contributed by atoms with Gasteiger partial charge in [0, 0.05) is 29.5 Å². The maximum atomic E-state index is 12.3. The summed E-state index contributed by atoms with van der Waals surface area (Å²) in [4.78, 5) is 14.3. The largest absolute Gasteiger partial charge is 0.376 e. The summed E-state index contributed by atoms with van der Waals surface area (Å²) in [5.74, 6) is -0.114. The highest BCUT2D eigenvalue weighted by Gasteiger charge is 2.11. The fourth-order valence-electron chi connectivity index (χ4n) is 1.94. The van der Waals surface area contributed by atoms with Crippen molar-refractivity contribution in [1.82, 2.24) is 0 Å². The molecule has 0 atom stereocenters. The third kappa shape index (κ3) is 4.08. The fraction of sp³-hybridized carbons (Fsp3) is 0.188. The average Bonchev–Trinajstić information content (AvgIpc) is 2.47. The van der Waals surface area contributed by atoms with E-state index in [0.717, 1.165) is 26.7 Å². The number of benzene rings is 2. The topological polar surface area (TPSA) is 32.3 Å². The summed E-state index contributed by atoms with van der Waals surface area (Å²) in [5, 5.41) is 3.75. The molecule has 0 aliphatic heterocycles. The Balaban J connectivity index is 2.24. The predicted octanol–water partition coefficient (Wildman–Crippen LogP) is 4.66. The maximum absolute atomic E-state index is 12.3. The minimum absolute atomic E-state index is 0.114. The van der Waals surface area contributed by atoms with Gasteiger partial charge in [-0.2, -0.15) is 0 Å². The van der Waals surface area contributed by atoms with E-state index >= 15 is 0 Å². The molecule has 3 nitrogen and oxygen atoms in total. The van der Waals surface area contributed by atoms with Gasteiger partial charge in [0.25, 0.3) is 5.91 Å². The molecule has 0 spiro atoms. The van der Waals surface area contributed by atoms with Crippen molar-refractivity contribution in [3.8, 4) is 0 Å². The van der Waals surface area contributed by atoms with Gasteiger partial charge in [0.05, 0.1) is 11.4 Å². The highest BCUT2D eigenvalue weighted by molar-refractivity contribution is 9.10. The number of alkyl halides is 1. The smallest absolute Gasteiger partial charge is 0.255 e. The van der Waals surface area contributed by atoms with Crippen molar-refractivity contribution in [3.05, 3.63) is 58.1 Å². The molecule has 0 bridgehead atoms. The molecule has 0 aliphatic carbocycles. The van der Waals surface area contributed by atoms with E-state index in [4.69, 9.17) is 0 Å². The van der Waals surface area contributed by atoms with E-state index in [1.54, 1.807) is 0 Å². The lowest BCUT2D eigenvalue weighted by molar-refractivity contribution is 0.102. The number of rotatable bonds is 4. The molecule has 2 aromatic rings. The molecule has 0 aromatic heterocycles. The summed E-state index contributed by atoms with van der Waals surface area (Å²) in [6, 6.07) is 13.4. The van der Waals surface area contributed by atoms with Crippen molar-refractivity contribution in [1.29, 1.82) is 0 Å². The van der Waals surface area contributed by atoms with Crippen LogP contribution in [0.4, 0.5) is 11.4 Å². The summed E-state index contributed by atoms with van der Waals surface area (Å²) in [6.45, 7) is 0. The van der Waals surface area contributed by atoms with Gasteiger partial charge in [0.15, 0.2) is 0 Å². The van der Waals surface area contributed by atoms with E-state index in [9.17, 15) is 4.79 Å². The number of carbonyl (C=O) groups is 1. The minimum atomic E-state index is -0.114. The number of amides is 1. The number of nitrogens with one attached hydrogen (secondary N) is 1. The Bertz CT molecular complexity index is 639. The first-order valence-corrected chi connectivity index (χ1v) is 8.36. The van der Waals surface area contributed by atoms with Crippen molar-refractivity contribution >= 4 is 49.1 Å². The fourth-order valence-corrected chi connectivity index (χ4v) is 2.67. The van der Waals surface area contributed by atoms with Crippen LogP contribution < -0.4 is 10.2 Å². The second-order valence-corrected chi connectivity index (χ2v) is 6.32. The maximum Gasteiger partial charge on any atom is 0.255 e. The number of halogens is 2. The van der Waals surface area contributed by atoms with Crippen molar-refractivity contribution in [3.63, 3.8) is 0 Å². The van der Waals surface area contributed by atoms with E-state index in [2.05, 4.69) is 37.2 Å². The van der Waals surface area contributed by atoms with E-state index < -0.39 is 0 Å². The van der Waals surface area contributed by atoms with Gasteiger partial charge < -0.3 is 10.2 Å². The van der Waals surface area contributed by atoms with Gasteiger partial charge in [-0.25, -0.2) is 0 Å². The van der Waals surface area contributed by atoms with Gasteiger partial charge in [-0.05, 0) is 35.9 Å². The van der Waals surface area contributed by atoms with E-state index in [0.29, 0.717) is 5.56 Å². The first-order chi connectivity index (χ1) is 10.0. The molecule has 0 fully saturated rings. The molecule has 0 radical (unpaired) electrons. The second-order valence-electron chi connectivity index (χ2n) is 4.84. The molecule has 0 heterocycles. The van der Waals surface area contributed by atoms with Gasteiger partial charge in [0.2, 0.25) is 0 Å². The van der Waals surface area contributed by atoms with Crippen LogP contribution in [-0.2, 0) is 5.33 Å². The summed E-state index contributed by atoms with van der Waals surface area (Å²) < 4.78 is 0.929. The van der Waals surface area contributed by atoms with E-state index in [1.165, 1.54) is 0 Å². The average molecular weight is 412 g/mol. The van der Waals surface area contributed by atoms with Crippen molar-refractivity contribution in [2.24, 2.45) is 0 Å². The number of hydrogen-bond donors (Lipinski definition) is 1. The second kappa shape index (κ2) is 7.09. The highest BCUT2D eigenvalue weighted by atomic mass is 79.9. The lowest BCUT2D eigenvalue weighted by atomic mass is 10.1. The normalized spacial score (nSPS) is 10.3. The third-order valence-electron chi connectivity index (χ3n) is 3.06. The number of nitrogens with zero attached hydrogens (tertiary/aromatic N) is 1. The summed E-state index contributed by atoms with van der Waals surface area (Å²) in [6.07, 6.45) is 0. The quantitative estimate of drug-likeness (QED) is 0.741. The Morgan fingerprint density at radius 1 is 1.14 bits per heavy atom. The molecule has 1 N–H and O–H groups in total. The van der Waals surface area contributed by atoms with Gasteiger partial charge in [0.1, 0.15) is 0 Å². The van der Waals surface area contributed by atoms with Gasteiger partial charge in [-0.1, -0.05) is 44.0 Å². The Hall–Kier alpha value is -1.33. The van der Waals surface area contributed by atoms with Crippen LogP contribution in [0.5, 0.6) is 0 Å². The number of carbonyl (C=O) groups excluding carboxylic acids is 1. The molecular formula is C16H16Br2N2O. The molecule has 0 saturated carbocycles. The van der Waals surface area contributed by atoms with Gasteiger partial charge in [-0.15, -0.1) is 0 Å². The summed E-state index contributed by atoms with van der Waals surface area (Å²) >= 11 is 6.83. The standard InChI is InChI=1S/C16H16Br2N2O/c1-20(2)15-8-7-13(18)9-14(15)19-16(21)12-5-3-11(10-17)4-6-12/h3-9H,10H2,1-2H3,(H,19,21). The predicted molar refractivity (Wildman–Crippen MR) is 95.5 cm³/mol. The minimum Gasteiger partial charge on any atom is -0.376 e. The lowest BCUT2D eigenvalue weighted by Gasteiger charge is -2.18. The Kier molecular flexibility index (Phi) is 5.42. The molecule has 1 amide bonds. The molecule has 0 unspecified atom stereocenters. The summed E-state index contributed by atoms with van der Waals surface area (Å²) in [7, 11) is 3.90. The summed E-state index contributed by atoms with van der Waals surface area (Å²) in [5.41, 5.74) is 3.53. The third-order valence-corrected chi connectivity index (χ3v) is 4.20. The van der Waals surface area contributed by atoms with Crippen LogP contribution in [-0.4, -0.2) is 20.0 Å². The van der Waals surface area contributed by atoms with Crippen LogP contribution in [0.3, 0.4) is 0 Å². The zero-order valence-electron chi connectivity index (χ0n) is 11.9. The lowest BCUT2D eigenvalue weighted by Crippen LogP contribution is -2.16. The first kappa shape index (κ1) is 16.0. The molecule has 21 heavy (non-hydrogen) atoms. The van der Waals surface area contributed by atoms with E-state index in [1.807, 2.05) is 61.5 Å². The number of anilines is 2. The zero-order valence-corrected chi connectivity index (χ0v) is 15.0. The molecular weight excluding hydrogens is 396 g/mol. The van der Waals surface area contributed by atoms with Crippen LogP contribution in [0.2, 0.25) is 0 Å².